The van der Waals surface area contributed by atoms with Crippen LogP contribution in [0.15, 0.2) is 18.5 Å². The average molecular weight is 441 g/mol. The van der Waals surface area contributed by atoms with Crippen molar-refractivity contribution < 1.29 is 27.5 Å². The van der Waals surface area contributed by atoms with Crippen molar-refractivity contribution in [1.82, 2.24) is 25.2 Å². The standard InChI is InChI=1S/C20H26F3N5O3/c1-19(2,3)31-18(30)24-10-14-11-28-15(26-14)8-13(9-25-28)17(12-4-5-12)27-16(29)6-7-20(21,22)23/h8-9,11-12,17H,4-7,10H2,1-3H3,(H,24,30)(H,27,29). The lowest BCUT2D eigenvalue weighted by Gasteiger charge is -2.19. The van der Waals surface area contributed by atoms with Crippen LogP contribution in [0.25, 0.3) is 5.65 Å². The summed E-state index contributed by atoms with van der Waals surface area (Å²) >= 11 is 0. The van der Waals surface area contributed by atoms with Gasteiger partial charge in [-0.2, -0.15) is 18.3 Å². The topological polar surface area (TPSA) is 97.6 Å². The van der Waals surface area contributed by atoms with Crippen LogP contribution in [0.2, 0.25) is 0 Å². The van der Waals surface area contributed by atoms with E-state index in [1.54, 1.807) is 39.2 Å². The van der Waals surface area contributed by atoms with Gasteiger partial charge in [0.05, 0.1) is 37.1 Å². The van der Waals surface area contributed by atoms with Gasteiger partial charge >= 0.3 is 12.3 Å². The lowest BCUT2D eigenvalue weighted by molar-refractivity contribution is -0.144. The van der Waals surface area contributed by atoms with Gasteiger partial charge in [-0.05, 0) is 51.2 Å². The molecule has 0 radical (unpaired) electrons. The van der Waals surface area contributed by atoms with Crippen molar-refractivity contribution in [3.63, 3.8) is 0 Å². The van der Waals surface area contributed by atoms with E-state index >= 15 is 0 Å². The van der Waals surface area contributed by atoms with Crippen molar-refractivity contribution in [2.75, 3.05) is 0 Å². The average Bonchev–Trinajstić information content (AvgIpc) is 3.39. The molecule has 1 atom stereocenters. The number of aromatic nitrogens is 3. The lowest BCUT2D eigenvalue weighted by atomic mass is 10.0. The fraction of sp³-hybridized carbons (Fsp3) is 0.600. The van der Waals surface area contributed by atoms with Gasteiger partial charge in [0, 0.05) is 6.42 Å². The summed E-state index contributed by atoms with van der Waals surface area (Å²) < 4.78 is 43.9. The number of alkyl carbamates (subject to hydrolysis) is 1. The van der Waals surface area contributed by atoms with Crippen LogP contribution >= 0.6 is 0 Å². The smallest absolute Gasteiger partial charge is 0.407 e. The van der Waals surface area contributed by atoms with E-state index in [4.69, 9.17) is 4.74 Å². The first-order valence-electron chi connectivity index (χ1n) is 10.1. The number of hydrogen-bond acceptors (Lipinski definition) is 5. The largest absolute Gasteiger partial charge is 0.444 e. The van der Waals surface area contributed by atoms with E-state index in [1.807, 2.05) is 0 Å². The van der Waals surface area contributed by atoms with Gasteiger partial charge in [-0.3, -0.25) is 4.79 Å². The zero-order valence-corrected chi connectivity index (χ0v) is 17.6. The number of halogens is 3. The molecule has 0 aromatic carbocycles. The number of alkyl halides is 3. The van der Waals surface area contributed by atoms with E-state index in [0.29, 0.717) is 16.9 Å². The number of nitrogens with zero attached hydrogens (tertiary/aromatic N) is 3. The van der Waals surface area contributed by atoms with Crippen LogP contribution in [-0.2, 0) is 16.1 Å². The molecule has 1 aliphatic rings. The van der Waals surface area contributed by atoms with E-state index in [9.17, 15) is 22.8 Å². The minimum absolute atomic E-state index is 0.147. The number of amides is 2. The van der Waals surface area contributed by atoms with Gasteiger partial charge in [-0.25, -0.2) is 14.3 Å². The summed E-state index contributed by atoms with van der Waals surface area (Å²) in [4.78, 5) is 28.2. The third-order valence-corrected chi connectivity index (χ3v) is 4.61. The van der Waals surface area contributed by atoms with Gasteiger partial charge in [0.2, 0.25) is 5.91 Å². The Kier molecular flexibility index (Phi) is 6.42. The molecule has 1 saturated carbocycles. The van der Waals surface area contributed by atoms with Crippen LogP contribution in [0, 0.1) is 5.92 Å². The summed E-state index contributed by atoms with van der Waals surface area (Å²) in [7, 11) is 0. The Morgan fingerprint density at radius 1 is 1.29 bits per heavy atom. The molecule has 0 saturated heterocycles. The summed E-state index contributed by atoms with van der Waals surface area (Å²) in [6.07, 6.45) is -1.68. The molecule has 2 amide bonds. The van der Waals surface area contributed by atoms with E-state index in [-0.39, 0.29) is 12.5 Å². The van der Waals surface area contributed by atoms with Crippen molar-refractivity contribution in [3.8, 4) is 0 Å². The van der Waals surface area contributed by atoms with Gasteiger partial charge < -0.3 is 15.4 Å². The first kappa shape index (κ1) is 22.8. The summed E-state index contributed by atoms with van der Waals surface area (Å²) in [6, 6.07) is 1.34. The van der Waals surface area contributed by atoms with Gasteiger partial charge in [-0.15, -0.1) is 0 Å². The number of carbonyl (C=O) groups is 2. The van der Waals surface area contributed by atoms with Crippen molar-refractivity contribution in [1.29, 1.82) is 0 Å². The predicted molar refractivity (Wildman–Crippen MR) is 105 cm³/mol. The van der Waals surface area contributed by atoms with Crippen molar-refractivity contribution in [3.05, 3.63) is 29.7 Å². The van der Waals surface area contributed by atoms with Crippen LogP contribution in [-0.4, -0.2) is 38.4 Å². The Hall–Kier alpha value is -2.85. The van der Waals surface area contributed by atoms with Crippen molar-refractivity contribution in [2.45, 2.75) is 70.8 Å². The molecule has 1 unspecified atom stereocenters. The highest BCUT2D eigenvalue weighted by Gasteiger charge is 2.35. The Labute approximate surface area is 177 Å². The molecule has 0 aliphatic heterocycles. The van der Waals surface area contributed by atoms with Crippen LogP contribution in [0.5, 0.6) is 0 Å². The van der Waals surface area contributed by atoms with Crippen molar-refractivity contribution in [2.24, 2.45) is 5.92 Å². The van der Waals surface area contributed by atoms with Crippen LogP contribution in [0.3, 0.4) is 0 Å². The Morgan fingerprint density at radius 2 is 2.00 bits per heavy atom. The van der Waals surface area contributed by atoms with Gasteiger partial charge in [0.1, 0.15) is 5.60 Å². The van der Waals surface area contributed by atoms with Gasteiger partial charge in [0.15, 0.2) is 5.65 Å². The Bertz CT molecular complexity index is 948. The molecule has 8 nitrogen and oxygen atoms in total. The summed E-state index contributed by atoms with van der Waals surface area (Å²) in [5.74, 6) is -0.470. The molecule has 2 aromatic rings. The van der Waals surface area contributed by atoms with Crippen LogP contribution in [0.4, 0.5) is 18.0 Å². The molecule has 0 spiro atoms. The molecule has 2 aromatic heterocycles. The first-order valence-corrected chi connectivity index (χ1v) is 10.1. The first-order chi connectivity index (χ1) is 14.4. The number of rotatable bonds is 7. The van der Waals surface area contributed by atoms with E-state index in [0.717, 1.165) is 12.8 Å². The third kappa shape index (κ3) is 7.11. The number of carbonyl (C=O) groups excluding carboxylic acids is 2. The molecule has 1 fully saturated rings. The molecule has 170 valence electrons. The second kappa shape index (κ2) is 8.72. The normalized spacial score (nSPS) is 15.5. The highest BCUT2D eigenvalue weighted by molar-refractivity contribution is 5.76. The Balaban J connectivity index is 1.66. The quantitative estimate of drug-likeness (QED) is 0.683. The van der Waals surface area contributed by atoms with Crippen LogP contribution < -0.4 is 10.6 Å². The summed E-state index contributed by atoms with van der Waals surface area (Å²) in [5, 5.41) is 9.62. The Morgan fingerprint density at radius 3 is 2.61 bits per heavy atom. The monoisotopic (exact) mass is 441 g/mol. The second-order valence-electron chi connectivity index (χ2n) is 8.68. The fourth-order valence-electron chi connectivity index (χ4n) is 3.08. The molecule has 31 heavy (non-hydrogen) atoms. The van der Waals surface area contributed by atoms with E-state index in [2.05, 4.69) is 20.7 Å². The number of fused-ring (bicyclic) bond motifs is 1. The molecular weight excluding hydrogens is 415 g/mol. The number of imidazole rings is 1. The predicted octanol–water partition coefficient (Wildman–Crippen LogP) is 3.66. The highest BCUT2D eigenvalue weighted by atomic mass is 19.4. The molecule has 3 rings (SSSR count). The lowest BCUT2D eigenvalue weighted by Crippen LogP contribution is -2.32. The maximum absolute atomic E-state index is 12.4. The SMILES string of the molecule is CC(C)(C)OC(=O)NCc1cn2ncc(C(NC(=O)CCC(F)(F)F)C3CC3)cc2n1. The molecule has 2 heterocycles. The second-order valence-corrected chi connectivity index (χ2v) is 8.68. The van der Waals surface area contributed by atoms with E-state index < -0.39 is 42.7 Å². The van der Waals surface area contributed by atoms with Crippen molar-refractivity contribution >= 4 is 17.6 Å². The van der Waals surface area contributed by atoms with E-state index in [1.165, 1.54) is 4.52 Å². The number of hydrogen-bond donors (Lipinski definition) is 2. The summed E-state index contributed by atoms with van der Waals surface area (Å²) in [6.45, 7) is 5.44. The maximum atomic E-state index is 12.4. The highest BCUT2D eigenvalue weighted by Crippen LogP contribution is 2.41. The third-order valence-electron chi connectivity index (χ3n) is 4.61. The minimum atomic E-state index is -4.37. The van der Waals surface area contributed by atoms with Gasteiger partial charge in [-0.1, -0.05) is 0 Å². The molecule has 1 aliphatic carbocycles. The van der Waals surface area contributed by atoms with Gasteiger partial charge in [0.25, 0.3) is 0 Å². The number of ether oxygens (including phenoxy) is 1. The molecule has 2 N–H and O–H groups in total. The fourth-order valence-corrected chi connectivity index (χ4v) is 3.08. The zero-order valence-electron chi connectivity index (χ0n) is 17.6. The molecule has 11 heteroatoms. The molecule has 0 bridgehead atoms. The molecular formula is C20H26F3N5O3. The van der Waals surface area contributed by atoms with Crippen LogP contribution in [0.1, 0.15) is 63.8 Å². The summed E-state index contributed by atoms with van der Waals surface area (Å²) in [5.41, 5.74) is 1.15. The zero-order chi connectivity index (χ0) is 22.8. The minimum Gasteiger partial charge on any atom is -0.444 e. The maximum Gasteiger partial charge on any atom is 0.407 e. The number of nitrogens with one attached hydrogen (secondary N) is 2.